The molecule has 0 aliphatic heterocycles. The van der Waals surface area contributed by atoms with Crippen LogP contribution in [-0.4, -0.2) is 32.2 Å². The van der Waals surface area contributed by atoms with Gasteiger partial charge in [0.1, 0.15) is 9.88 Å². The number of aryl methyl sites for hydroxylation is 1. The van der Waals surface area contributed by atoms with E-state index in [4.69, 9.17) is 4.74 Å². The van der Waals surface area contributed by atoms with Crippen molar-refractivity contribution in [3.8, 4) is 0 Å². The molecule has 8 heteroatoms. The molecule has 0 radical (unpaired) electrons. The van der Waals surface area contributed by atoms with Crippen molar-refractivity contribution < 1.29 is 17.9 Å². The smallest absolute Gasteiger partial charge is 0.276 e. The molecule has 1 rings (SSSR count). The van der Waals surface area contributed by atoms with Gasteiger partial charge in [-0.15, -0.1) is 11.3 Å². The summed E-state index contributed by atoms with van der Waals surface area (Å²) in [7, 11) is -2.07. The first kappa shape index (κ1) is 16.1. The van der Waals surface area contributed by atoms with Gasteiger partial charge in [0.25, 0.3) is 5.91 Å². The molecule has 1 aromatic heterocycles. The molecule has 0 saturated carbocycles. The summed E-state index contributed by atoms with van der Waals surface area (Å²) in [6.07, 6.45) is 0. The van der Waals surface area contributed by atoms with Gasteiger partial charge in [-0.05, 0) is 12.8 Å². The standard InChI is InChI=1S/C11H18N2O4S2/c1-7(2)6-19(15,16)13-11(14)10-8(3)12-9(18-10)5-17-4/h7H,5-6H2,1-4H3,(H,13,14). The maximum atomic E-state index is 11.9. The molecule has 0 aliphatic carbocycles. The van der Waals surface area contributed by atoms with E-state index in [2.05, 4.69) is 9.71 Å². The van der Waals surface area contributed by atoms with Gasteiger partial charge >= 0.3 is 0 Å². The maximum absolute atomic E-state index is 11.9. The van der Waals surface area contributed by atoms with E-state index >= 15 is 0 Å². The number of sulfonamides is 1. The van der Waals surface area contributed by atoms with E-state index in [0.29, 0.717) is 22.2 Å². The lowest BCUT2D eigenvalue weighted by Crippen LogP contribution is -2.33. The third kappa shape index (κ3) is 4.88. The minimum Gasteiger partial charge on any atom is -0.378 e. The van der Waals surface area contributed by atoms with Crippen LogP contribution in [0.1, 0.15) is 34.2 Å². The van der Waals surface area contributed by atoms with Crippen molar-refractivity contribution in [3.63, 3.8) is 0 Å². The minimum absolute atomic E-state index is 0.0445. The van der Waals surface area contributed by atoms with Gasteiger partial charge in [-0.1, -0.05) is 13.8 Å². The average molecular weight is 306 g/mol. The number of methoxy groups -OCH3 is 1. The van der Waals surface area contributed by atoms with E-state index in [9.17, 15) is 13.2 Å². The number of aromatic nitrogens is 1. The lowest BCUT2D eigenvalue weighted by atomic mass is 10.3. The van der Waals surface area contributed by atoms with Crippen LogP contribution < -0.4 is 4.72 Å². The maximum Gasteiger partial charge on any atom is 0.276 e. The first-order chi connectivity index (χ1) is 8.75. The molecule has 0 spiro atoms. The highest BCUT2D eigenvalue weighted by atomic mass is 32.2. The summed E-state index contributed by atoms with van der Waals surface area (Å²) in [5, 5.41) is 0.645. The van der Waals surface area contributed by atoms with Crippen LogP contribution >= 0.6 is 11.3 Å². The van der Waals surface area contributed by atoms with Crippen LogP contribution in [0.15, 0.2) is 0 Å². The quantitative estimate of drug-likeness (QED) is 0.856. The lowest BCUT2D eigenvalue weighted by Gasteiger charge is -2.07. The molecule has 1 N–H and O–H groups in total. The van der Waals surface area contributed by atoms with Gasteiger partial charge in [-0.25, -0.2) is 18.1 Å². The Hall–Kier alpha value is -0.990. The van der Waals surface area contributed by atoms with Crippen molar-refractivity contribution in [1.29, 1.82) is 0 Å². The largest absolute Gasteiger partial charge is 0.378 e. The summed E-state index contributed by atoms with van der Waals surface area (Å²) in [6, 6.07) is 0. The fraction of sp³-hybridized carbons (Fsp3) is 0.636. The molecule has 0 aliphatic rings. The minimum atomic E-state index is -3.60. The first-order valence-corrected chi connectivity index (χ1v) is 8.22. The van der Waals surface area contributed by atoms with Gasteiger partial charge in [0, 0.05) is 7.11 Å². The number of nitrogens with one attached hydrogen (secondary N) is 1. The number of amides is 1. The molecule has 0 fully saturated rings. The number of carbonyl (C=O) groups is 1. The van der Waals surface area contributed by atoms with Crippen LogP contribution in [0.4, 0.5) is 0 Å². The molecule has 1 heterocycles. The molecule has 19 heavy (non-hydrogen) atoms. The monoisotopic (exact) mass is 306 g/mol. The van der Waals surface area contributed by atoms with Crippen molar-refractivity contribution >= 4 is 27.3 Å². The third-order valence-electron chi connectivity index (χ3n) is 2.12. The Morgan fingerprint density at radius 3 is 2.63 bits per heavy atom. The van der Waals surface area contributed by atoms with Crippen molar-refractivity contribution in [3.05, 3.63) is 15.6 Å². The van der Waals surface area contributed by atoms with E-state index in [1.54, 1.807) is 20.8 Å². The highest BCUT2D eigenvalue weighted by molar-refractivity contribution is 7.90. The Morgan fingerprint density at radius 2 is 2.11 bits per heavy atom. The number of rotatable bonds is 6. The van der Waals surface area contributed by atoms with Crippen molar-refractivity contribution in [2.75, 3.05) is 12.9 Å². The van der Waals surface area contributed by atoms with Crippen LogP contribution in [0, 0.1) is 12.8 Å². The average Bonchev–Trinajstić information content (AvgIpc) is 2.57. The van der Waals surface area contributed by atoms with E-state index in [1.165, 1.54) is 7.11 Å². The van der Waals surface area contributed by atoms with E-state index in [0.717, 1.165) is 11.3 Å². The number of hydrogen-bond acceptors (Lipinski definition) is 6. The van der Waals surface area contributed by atoms with Crippen LogP contribution in [0.25, 0.3) is 0 Å². The number of carbonyl (C=O) groups excluding carboxylic acids is 1. The van der Waals surface area contributed by atoms with Crippen LogP contribution in [-0.2, 0) is 21.4 Å². The Kier molecular flexibility index (Phi) is 5.45. The van der Waals surface area contributed by atoms with E-state index in [1.807, 2.05) is 0 Å². The summed E-state index contributed by atoms with van der Waals surface area (Å²) in [6.45, 7) is 5.52. The topological polar surface area (TPSA) is 85.4 Å². The summed E-state index contributed by atoms with van der Waals surface area (Å²) in [5.41, 5.74) is 0.509. The number of ether oxygens (including phenoxy) is 1. The molecule has 1 aromatic rings. The normalized spacial score (nSPS) is 11.8. The van der Waals surface area contributed by atoms with Gasteiger partial charge < -0.3 is 4.74 Å². The zero-order valence-electron chi connectivity index (χ0n) is 11.4. The molecule has 0 saturated heterocycles. The summed E-state index contributed by atoms with van der Waals surface area (Å²) >= 11 is 1.14. The van der Waals surface area contributed by atoms with Gasteiger partial charge in [-0.3, -0.25) is 4.79 Å². The van der Waals surface area contributed by atoms with Crippen LogP contribution in [0.5, 0.6) is 0 Å². The van der Waals surface area contributed by atoms with E-state index in [-0.39, 0.29) is 11.7 Å². The predicted molar refractivity (Wildman–Crippen MR) is 73.7 cm³/mol. The Bertz CT molecular complexity index is 549. The van der Waals surface area contributed by atoms with Gasteiger partial charge in [0.15, 0.2) is 0 Å². The Labute approximate surface area is 117 Å². The number of nitrogens with zero attached hydrogens (tertiary/aromatic N) is 1. The van der Waals surface area contributed by atoms with E-state index < -0.39 is 15.9 Å². The second-order valence-electron chi connectivity index (χ2n) is 4.56. The summed E-state index contributed by atoms with van der Waals surface area (Å²) in [5.74, 6) is -0.753. The van der Waals surface area contributed by atoms with Crippen LogP contribution in [0.2, 0.25) is 0 Å². The molecule has 1 amide bonds. The second kappa shape index (κ2) is 6.44. The van der Waals surface area contributed by atoms with Crippen molar-refractivity contribution in [1.82, 2.24) is 9.71 Å². The zero-order chi connectivity index (χ0) is 14.6. The molecule has 0 atom stereocenters. The van der Waals surface area contributed by atoms with Gasteiger partial charge in [0.05, 0.1) is 18.1 Å². The zero-order valence-corrected chi connectivity index (χ0v) is 13.0. The third-order valence-corrected chi connectivity index (χ3v) is 4.85. The fourth-order valence-corrected chi connectivity index (χ4v) is 3.86. The number of hydrogen-bond donors (Lipinski definition) is 1. The highest BCUT2D eigenvalue weighted by Gasteiger charge is 2.21. The molecule has 0 unspecified atom stereocenters. The molecule has 0 aromatic carbocycles. The number of thiazole rings is 1. The molecule has 6 nitrogen and oxygen atoms in total. The molecular weight excluding hydrogens is 288 g/mol. The molecule has 0 bridgehead atoms. The first-order valence-electron chi connectivity index (χ1n) is 5.75. The van der Waals surface area contributed by atoms with Gasteiger partial charge in [0.2, 0.25) is 10.0 Å². The second-order valence-corrected chi connectivity index (χ2v) is 7.41. The summed E-state index contributed by atoms with van der Waals surface area (Å²) in [4.78, 5) is 16.4. The van der Waals surface area contributed by atoms with Crippen molar-refractivity contribution in [2.24, 2.45) is 5.92 Å². The lowest BCUT2D eigenvalue weighted by molar-refractivity contribution is 0.0984. The highest BCUT2D eigenvalue weighted by Crippen LogP contribution is 2.19. The SMILES string of the molecule is COCc1nc(C)c(C(=O)NS(=O)(=O)CC(C)C)s1. The summed E-state index contributed by atoms with van der Waals surface area (Å²) < 4.78 is 30.4. The fourth-order valence-electron chi connectivity index (χ4n) is 1.52. The van der Waals surface area contributed by atoms with Crippen LogP contribution in [0.3, 0.4) is 0 Å². The molecular formula is C11H18N2O4S2. The Balaban J connectivity index is 2.84. The molecule has 108 valence electrons. The predicted octanol–water partition coefficient (Wildman–Crippen LogP) is 1.31. The van der Waals surface area contributed by atoms with Crippen molar-refractivity contribution in [2.45, 2.75) is 27.4 Å². The van der Waals surface area contributed by atoms with Gasteiger partial charge in [-0.2, -0.15) is 0 Å². The Morgan fingerprint density at radius 1 is 1.47 bits per heavy atom.